The maximum absolute atomic E-state index is 13.2. The lowest BCUT2D eigenvalue weighted by atomic mass is 10.1. The van der Waals surface area contributed by atoms with E-state index in [0.717, 1.165) is 17.4 Å². The van der Waals surface area contributed by atoms with E-state index in [9.17, 15) is 19.5 Å². The molecule has 34 heavy (non-hydrogen) atoms. The van der Waals surface area contributed by atoms with Crippen molar-refractivity contribution >= 4 is 23.5 Å². The third-order valence-corrected chi connectivity index (χ3v) is 6.04. The molecule has 2 N–H and O–H groups in total. The zero-order valence-electron chi connectivity index (χ0n) is 20.4. The highest BCUT2D eigenvalue weighted by Crippen LogP contribution is 2.26. The average molecular weight is 472 g/mol. The van der Waals surface area contributed by atoms with Crippen molar-refractivity contribution in [2.75, 3.05) is 19.7 Å². The molecule has 3 heterocycles. The van der Waals surface area contributed by atoms with Gasteiger partial charge in [0.1, 0.15) is 5.65 Å². The van der Waals surface area contributed by atoms with E-state index in [1.807, 2.05) is 27.7 Å². The van der Waals surface area contributed by atoms with Crippen molar-refractivity contribution in [3.63, 3.8) is 0 Å². The highest BCUT2D eigenvalue weighted by molar-refractivity contribution is 5.97. The molecule has 10 nitrogen and oxygen atoms in total. The number of rotatable bonds is 6. The van der Waals surface area contributed by atoms with Crippen LogP contribution in [0, 0.1) is 12.8 Å². The molecule has 0 spiro atoms. The van der Waals surface area contributed by atoms with E-state index in [0.29, 0.717) is 43.1 Å². The maximum Gasteiger partial charge on any atom is 0.291 e. The molecule has 0 radical (unpaired) electrons. The van der Waals surface area contributed by atoms with Crippen molar-refractivity contribution in [2.45, 2.75) is 65.6 Å². The molecular formula is C24H33N5O5. The highest BCUT2D eigenvalue weighted by Gasteiger charge is 2.31. The number of fused-ring (bicyclic) bond motifs is 1. The summed E-state index contributed by atoms with van der Waals surface area (Å²) in [5, 5.41) is 18.2. The first-order chi connectivity index (χ1) is 16.0. The van der Waals surface area contributed by atoms with Crippen molar-refractivity contribution < 1.29 is 19.4 Å². The van der Waals surface area contributed by atoms with Gasteiger partial charge in [0.2, 0.25) is 11.8 Å². The zero-order chi connectivity index (χ0) is 24.8. The summed E-state index contributed by atoms with van der Waals surface area (Å²) < 4.78 is 8.37. The molecule has 2 aromatic rings. The lowest BCUT2D eigenvalue weighted by Gasteiger charge is -2.37. The molecule has 184 valence electrons. The number of aromatic hydroxyl groups is 1. The fourth-order valence-corrected chi connectivity index (χ4v) is 4.25. The van der Waals surface area contributed by atoms with Crippen molar-refractivity contribution in [3.05, 3.63) is 33.3 Å². The summed E-state index contributed by atoms with van der Waals surface area (Å²) in [5.74, 6) is -1.04. The van der Waals surface area contributed by atoms with Crippen molar-refractivity contribution in [2.24, 2.45) is 5.92 Å². The number of ether oxygens (including phenoxy) is 1. The maximum atomic E-state index is 13.2. The number of morpholine rings is 1. The second kappa shape index (κ2) is 8.90. The van der Waals surface area contributed by atoms with Crippen LogP contribution in [0.25, 0.3) is 11.7 Å². The van der Waals surface area contributed by atoms with Gasteiger partial charge in [-0.1, -0.05) is 13.8 Å². The Morgan fingerprint density at radius 1 is 1.32 bits per heavy atom. The first-order valence-electron chi connectivity index (χ1n) is 11.8. The Kier molecular flexibility index (Phi) is 6.28. The van der Waals surface area contributed by atoms with Crippen LogP contribution >= 0.6 is 0 Å². The molecule has 0 atom stereocenters. The van der Waals surface area contributed by atoms with Crippen LogP contribution in [0.5, 0.6) is 5.88 Å². The number of hydrogen-bond acceptors (Lipinski definition) is 6. The largest absolute Gasteiger partial charge is 0.494 e. The van der Waals surface area contributed by atoms with E-state index in [-0.39, 0.29) is 29.3 Å². The summed E-state index contributed by atoms with van der Waals surface area (Å²) in [6, 6.07) is 0.0366. The molecule has 2 aromatic heterocycles. The van der Waals surface area contributed by atoms with Crippen LogP contribution in [0.2, 0.25) is 0 Å². The normalized spacial score (nSPS) is 18.2. The molecule has 2 aliphatic rings. The molecule has 2 amide bonds. The third kappa shape index (κ3) is 4.72. The van der Waals surface area contributed by atoms with Gasteiger partial charge in [0.25, 0.3) is 11.5 Å². The van der Waals surface area contributed by atoms with Crippen LogP contribution in [0.3, 0.4) is 0 Å². The summed E-state index contributed by atoms with van der Waals surface area (Å²) in [4.78, 5) is 40.5. The Morgan fingerprint density at radius 2 is 2.03 bits per heavy atom. The Morgan fingerprint density at radius 3 is 2.65 bits per heavy atom. The molecule has 0 bridgehead atoms. The predicted molar refractivity (Wildman–Crippen MR) is 127 cm³/mol. The summed E-state index contributed by atoms with van der Waals surface area (Å²) in [7, 11) is 0. The molecule has 10 heteroatoms. The van der Waals surface area contributed by atoms with Crippen LogP contribution in [0.1, 0.15) is 62.2 Å². The fourth-order valence-electron chi connectivity index (χ4n) is 4.25. The molecule has 1 aliphatic heterocycles. The van der Waals surface area contributed by atoms with Crippen LogP contribution in [0.4, 0.5) is 0 Å². The summed E-state index contributed by atoms with van der Waals surface area (Å²) in [6.07, 6.45) is 4.81. The monoisotopic (exact) mass is 471 g/mol. The van der Waals surface area contributed by atoms with Crippen molar-refractivity contribution in [1.29, 1.82) is 0 Å². The highest BCUT2D eigenvalue weighted by atomic mass is 16.5. The van der Waals surface area contributed by atoms with Gasteiger partial charge in [-0.15, -0.1) is 0 Å². The molecule has 2 fully saturated rings. The van der Waals surface area contributed by atoms with E-state index in [4.69, 9.17) is 4.74 Å². The van der Waals surface area contributed by atoms with Gasteiger partial charge in [-0.25, -0.2) is 0 Å². The van der Waals surface area contributed by atoms with E-state index < -0.39 is 17.1 Å². The minimum atomic E-state index is -0.685. The molecular weight excluding hydrogens is 438 g/mol. The molecule has 0 aromatic carbocycles. The number of aromatic nitrogens is 3. The van der Waals surface area contributed by atoms with Crippen molar-refractivity contribution in [1.82, 2.24) is 24.4 Å². The number of amides is 2. The standard InChI is InChI=1S/C24H33N5O5/c1-14(2)12-28-21-17(8-9-18(30)27-10-11-34-24(4,5)13-27)15(3)26-29(21)23(33)19(22(28)32)20(31)25-16-6-7-16/h8-9,14,16,32H,6-7,10-13H2,1-5H3,(H,25,31). The van der Waals surface area contributed by atoms with Crippen LogP contribution in [-0.2, 0) is 16.1 Å². The number of aryl methyl sites for hydroxylation is 1. The zero-order valence-corrected chi connectivity index (χ0v) is 20.4. The van der Waals surface area contributed by atoms with Gasteiger partial charge in [-0.05, 0) is 45.6 Å². The molecule has 1 aliphatic carbocycles. The van der Waals surface area contributed by atoms with Crippen LogP contribution in [0.15, 0.2) is 10.9 Å². The Hall–Kier alpha value is -3.14. The first-order valence-corrected chi connectivity index (χ1v) is 11.8. The average Bonchev–Trinajstić information content (AvgIpc) is 3.49. The predicted octanol–water partition coefficient (Wildman–Crippen LogP) is 1.71. The van der Waals surface area contributed by atoms with Crippen LogP contribution in [-0.4, -0.2) is 67.3 Å². The molecule has 4 rings (SSSR count). The second-order valence-corrected chi connectivity index (χ2v) is 10.2. The quantitative estimate of drug-likeness (QED) is 0.620. The summed E-state index contributed by atoms with van der Waals surface area (Å²) in [6.45, 7) is 11.4. The Labute approximate surface area is 198 Å². The van der Waals surface area contributed by atoms with E-state index in [1.165, 1.54) is 10.6 Å². The third-order valence-electron chi connectivity index (χ3n) is 6.04. The SMILES string of the molecule is Cc1nn2c(=O)c(C(=O)NC3CC3)c(O)n(CC(C)C)c2c1C=CC(=O)N1CCOC(C)(C)C1. The van der Waals surface area contributed by atoms with Gasteiger partial charge in [0.05, 0.1) is 17.9 Å². The topological polar surface area (TPSA) is 118 Å². The van der Waals surface area contributed by atoms with E-state index >= 15 is 0 Å². The lowest BCUT2D eigenvalue weighted by Crippen LogP contribution is -2.50. The minimum absolute atomic E-state index is 0.0366. The van der Waals surface area contributed by atoms with E-state index in [2.05, 4.69) is 10.4 Å². The van der Waals surface area contributed by atoms with Crippen LogP contribution < -0.4 is 10.9 Å². The second-order valence-electron chi connectivity index (χ2n) is 10.2. The summed E-state index contributed by atoms with van der Waals surface area (Å²) in [5.41, 5.74) is -0.00569. The minimum Gasteiger partial charge on any atom is -0.494 e. The van der Waals surface area contributed by atoms with Gasteiger partial charge in [0, 0.05) is 37.3 Å². The smallest absolute Gasteiger partial charge is 0.291 e. The van der Waals surface area contributed by atoms with Gasteiger partial charge in [-0.2, -0.15) is 9.61 Å². The number of carbonyl (C=O) groups excluding carboxylic acids is 2. The van der Waals surface area contributed by atoms with Gasteiger partial charge < -0.3 is 20.1 Å². The molecule has 1 saturated heterocycles. The van der Waals surface area contributed by atoms with E-state index in [1.54, 1.807) is 17.9 Å². The summed E-state index contributed by atoms with van der Waals surface area (Å²) >= 11 is 0. The number of hydrogen-bond donors (Lipinski definition) is 2. The van der Waals surface area contributed by atoms with Gasteiger partial charge in [0.15, 0.2) is 5.56 Å². The number of carbonyl (C=O) groups is 2. The molecule has 0 unspecified atom stereocenters. The number of nitrogens with one attached hydrogen (secondary N) is 1. The van der Waals surface area contributed by atoms with Crippen molar-refractivity contribution in [3.8, 4) is 5.88 Å². The molecule has 1 saturated carbocycles. The number of nitrogens with zero attached hydrogens (tertiary/aromatic N) is 4. The fraction of sp³-hybridized carbons (Fsp3) is 0.583. The Balaban J connectivity index is 1.78. The lowest BCUT2D eigenvalue weighted by molar-refractivity contribution is -0.140. The van der Waals surface area contributed by atoms with Gasteiger partial charge in [-0.3, -0.25) is 19.0 Å². The first kappa shape index (κ1) is 24.0. The Bertz CT molecular complexity index is 1220. The van der Waals surface area contributed by atoms with Gasteiger partial charge >= 0.3 is 0 Å².